The van der Waals surface area contributed by atoms with Crippen LogP contribution in [0.5, 0.6) is 5.75 Å². The Morgan fingerprint density at radius 2 is 1.93 bits per heavy atom. The highest BCUT2D eigenvalue weighted by Gasteiger charge is 2.31. The molecule has 1 saturated heterocycles. The molecule has 7 nitrogen and oxygen atoms in total. The van der Waals surface area contributed by atoms with Gasteiger partial charge in [0.1, 0.15) is 11.3 Å². The van der Waals surface area contributed by atoms with Gasteiger partial charge in [0.25, 0.3) is 5.95 Å². The van der Waals surface area contributed by atoms with Crippen molar-refractivity contribution in [2.45, 2.75) is 63.8 Å². The van der Waals surface area contributed by atoms with Gasteiger partial charge in [-0.2, -0.15) is 14.8 Å². The van der Waals surface area contributed by atoms with Gasteiger partial charge in [0.05, 0.1) is 12.8 Å². The molecule has 2 aliphatic rings. The van der Waals surface area contributed by atoms with Crippen LogP contribution in [0.2, 0.25) is 0 Å². The summed E-state index contributed by atoms with van der Waals surface area (Å²) in [4.78, 5) is 7.39. The molecule has 7 heteroatoms. The molecular formula is C22H29N5O2. The molecule has 3 heterocycles. The third-order valence-electron chi connectivity index (χ3n) is 6.55. The number of hydrogen-bond acceptors (Lipinski definition) is 6. The zero-order valence-corrected chi connectivity index (χ0v) is 17.5. The second-order valence-electron chi connectivity index (χ2n) is 8.64. The number of nitrogens with zero attached hydrogens (tertiary/aromatic N) is 5. The lowest BCUT2D eigenvalue weighted by molar-refractivity contribution is 0.0923. The number of likely N-dealkylation sites (tertiary alicyclic amines) is 1. The van der Waals surface area contributed by atoms with E-state index in [9.17, 15) is 0 Å². The Hall–Kier alpha value is -2.41. The van der Waals surface area contributed by atoms with Gasteiger partial charge in [-0.25, -0.2) is 0 Å². The molecule has 1 aliphatic heterocycles. The van der Waals surface area contributed by atoms with Crippen molar-refractivity contribution in [2.75, 3.05) is 20.2 Å². The van der Waals surface area contributed by atoms with Gasteiger partial charge < -0.3 is 14.2 Å². The lowest BCUT2D eigenvalue weighted by Crippen LogP contribution is -2.44. The van der Waals surface area contributed by atoms with Crippen LogP contribution in [-0.2, 0) is 0 Å². The molecule has 1 aliphatic carbocycles. The van der Waals surface area contributed by atoms with Crippen LogP contribution in [0.3, 0.4) is 0 Å². The molecule has 0 radical (unpaired) electrons. The van der Waals surface area contributed by atoms with E-state index in [1.165, 1.54) is 19.3 Å². The van der Waals surface area contributed by atoms with Crippen LogP contribution in [0, 0.1) is 0 Å². The third kappa shape index (κ3) is 3.21. The van der Waals surface area contributed by atoms with E-state index in [-0.39, 0.29) is 5.92 Å². The van der Waals surface area contributed by atoms with E-state index in [2.05, 4.69) is 30.0 Å². The second kappa shape index (κ2) is 7.44. The van der Waals surface area contributed by atoms with Crippen LogP contribution in [0.25, 0.3) is 16.9 Å². The predicted octanol–water partition coefficient (Wildman–Crippen LogP) is 4.27. The van der Waals surface area contributed by atoms with Crippen molar-refractivity contribution in [1.82, 2.24) is 24.8 Å². The van der Waals surface area contributed by atoms with Crippen LogP contribution < -0.4 is 4.74 Å². The summed E-state index contributed by atoms with van der Waals surface area (Å²) in [6, 6.07) is 6.83. The van der Waals surface area contributed by atoms with Crippen LogP contribution in [0.4, 0.5) is 0 Å². The van der Waals surface area contributed by atoms with Crippen LogP contribution in [0.15, 0.2) is 22.7 Å². The van der Waals surface area contributed by atoms with E-state index in [1.54, 1.807) is 11.8 Å². The molecule has 1 aromatic carbocycles. The molecule has 5 rings (SSSR count). The van der Waals surface area contributed by atoms with Crippen molar-refractivity contribution < 1.29 is 9.26 Å². The Labute approximate surface area is 171 Å². The van der Waals surface area contributed by atoms with Gasteiger partial charge in [0.15, 0.2) is 0 Å². The lowest BCUT2D eigenvalue weighted by atomic mass is 9.88. The molecule has 0 bridgehead atoms. The summed E-state index contributed by atoms with van der Waals surface area (Å²) in [6.45, 7) is 6.54. The monoisotopic (exact) mass is 395 g/mol. The van der Waals surface area contributed by atoms with Crippen molar-refractivity contribution in [1.29, 1.82) is 0 Å². The summed E-state index contributed by atoms with van der Waals surface area (Å²) < 4.78 is 13.1. The number of benzene rings is 1. The Bertz CT molecular complexity index is 996. The van der Waals surface area contributed by atoms with E-state index in [0.29, 0.717) is 11.9 Å². The van der Waals surface area contributed by atoms with E-state index in [1.807, 2.05) is 12.1 Å². The average Bonchev–Trinajstić information content (AvgIpc) is 3.32. The molecule has 0 amide bonds. The van der Waals surface area contributed by atoms with Gasteiger partial charge in [-0.05, 0) is 55.9 Å². The number of aromatic nitrogens is 4. The minimum atomic E-state index is 0.285. The minimum Gasteiger partial charge on any atom is -0.494 e. The van der Waals surface area contributed by atoms with Crippen molar-refractivity contribution in [3.8, 4) is 11.7 Å². The number of ether oxygens (including phenoxy) is 1. The molecule has 29 heavy (non-hydrogen) atoms. The van der Waals surface area contributed by atoms with Crippen LogP contribution >= 0.6 is 0 Å². The topological polar surface area (TPSA) is 69.2 Å². The van der Waals surface area contributed by atoms with Gasteiger partial charge in [0, 0.05) is 17.3 Å². The SMILES string of the molecule is COc1cccc2c(C(C)C)nn(-c3noc(C4CCN(C5CCC5)CC4)n3)c12. The van der Waals surface area contributed by atoms with Gasteiger partial charge in [-0.3, -0.25) is 0 Å². The fourth-order valence-electron chi connectivity index (χ4n) is 4.64. The Kier molecular flexibility index (Phi) is 4.78. The van der Waals surface area contributed by atoms with Crippen molar-refractivity contribution >= 4 is 10.9 Å². The first-order valence-corrected chi connectivity index (χ1v) is 10.8. The highest BCUT2D eigenvalue weighted by atomic mass is 16.5. The third-order valence-corrected chi connectivity index (χ3v) is 6.55. The first kappa shape index (κ1) is 18.6. The molecule has 2 aromatic heterocycles. The molecule has 154 valence electrons. The van der Waals surface area contributed by atoms with E-state index < -0.39 is 0 Å². The van der Waals surface area contributed by atoms with Crippen molar-refractivity contribution in [3.05, 3.63) is 29.8 Å². The van der Waals surface area contributed by atoms with Crippen LogP contribution in [-0.4, -0.2) is 51.1 Å². The molecule has 3 aromatic rings. The number of para-hydroxylation sites is 1. The lowest BCUT2D eigenvalue weighted by Gasteiger charge is -2.41. The number of hydrogen-bond donors (Lipinski definition) is 0. The van der Waals surface area contributed by atoms with Gasteiger partial charge in [-0.15, -0.1) is 0 Å². The highest BCUT2D eigenvalue weighted by molar-refractivity contribution is 5.88. The second-order valence-corrected chi connectivity index (χ2v) is 8.64. The normalized spacial score (nSPS) is 19.2. The van der Waals surface area contributed by atoms with Crippen molar-refractivity contribution in [2.24, 2.45) is 0 Å². The van der Waals surface area contributed by atoms with Crippen LogP contribution in [0.1, 0.15) is 69.4 Å². The summed E-state index contributed by atoms with van der Waals surface area (Å²) in [6.07, 6.45) is 6.28. The number of piperidine rings is 1. The molecule has 0 unspecified atom stereocenters. The zero-order valence-electron chi connectivity index (χ0n) is 17.5. The Balaban J connectivity index is 1.44. The maximum absolute atomic E-state index is 5.71. The first-order valence-electron chi connectivity index (χ1n) is 10.8. The molecule has 2 fully saturated rings. The smallest absolute Gasteiger partial charge is 0.291 e. The van der Waals surface area contributed by atoms with Crippen molar-refractivity contribution in [3.63, 3.8) is 0 Å². The minimum absolute atomic E-state index is 0.285. The van der Waals surface area contributed by atoms with Gasteiger partial charge >= 0.3 is 0 Å². The van der Waals surface area contributed by atoms with Gasteiger partial charge in [-0.1, -0.05) is 32.4 Å². The first-order chi connectivity index (χ1) is 14.2. The molecular weight excluding hydrogens is 366 g/mol. The standard InChI is InChI=1S/C22H29N5O2/c1-14(2)19-17-8-5-9-18(28-3)20(17)27(24-19)22-23-21(29-25-22)15-10-12-26(13-11-15)16-6-4-7-16/h5,8-9,14-16H,4,6-7,10-13H2,1-3H3. The summed E-state index contributed by atoms with van der Waals surface area (Å²) >= 11 is 0. The summed E-state index contributed by atoms with van der Waals surface area (Å²) in [5, 5.41) is 10.2. The zero-order chi connectivity index (χ0) is 20.0. The van der Waals surface area contributed by atoms with Gasteiger partial charge in [0.2, 0.25) is 5.89 Å². The summed E-state index contributed by atoms with van der Waals surface area (Å²) in [5.74, 6) is 2.61. The van der Waals surface area contributed by atoms with E-state index in [4.69, 9.17) is 19.3 Å². The maximum atomic E-state index is 5.71. The fourth-order valence-corrected chi connectivity index (χ4v) is 4.64. The fraction of sp³-hybridized carbons (Fsp3) is 0.591. The van der Waals surface area contributed by atoms with E-state index in [0.717, 1.165) is 60.2 Å². The maximum Gasteiger partial charge on any atom is 0.291 e. The Morgan fingerprint density at radius 1 is 1.14 bits per heavy atom. The Morgan fingerprint density at radius 3 is 2.59 bits per heavy atom. The predicted molar refractivity (Wildman–Crippen MR) is 111 cm³/mol. The van der Waals surface area contributed by atoms with E-state index >= 15 is 0 Å². The average molecular weight is 396 g/mol. The number of rotatable bonds is 5. The molecule has 0 N–H and O–H groups in total. The highest BCUT2D eigenvalue weighted by Crippen LogP contribution is 2.35. The molecule has 0 atom stereocenters. The largest absolute Gasteiger partial charge is 0.494 e. The number of fused-ring (bicyclic) bond motifs is 1. The quantitative estimate of drug-likeness (QED) is 0.642. The molecule has 1 saturated carbocycles. The number of methoxy groups -OCH3 is 1. The summed E-state index contributed by atoms with van der Waals surface area (Å²) in [7, 11) is 1.68. The summed E-state index contributed by atoms with van der Waals surface area (Å²) in [5.41, 5.74) is 1.91. The molecule has 0 spiro atoms.